The lowest BCUT2D eigenvalue weighted by Gasteiger charge is -2.23. The third kappa shape index (κ3) is 6.52. The van der Waals surface area contributed by atoms with Gasteiger partial charge in [0.25, 0.3) is 5.91 Å². The molecule has 0 saturated carbocycles. The molecule has 0 aromatic heterocycles. The van der Waals surface area contributed by atoms with Crippen molar-refractivity contribution < 1.29 is 18.7 Å². The van der Waals surface area contributed by atoms with Crippen LogP contribution in [0.5, 0.6) is 0 Å². The predicted molar refractivity (Wildman–Crippen MR) is 86.2 cm³/mol. The lowest BCUT2D eigenvalue weighted by molar-refractivity contribution is -0.122. The zero-order chi connectivity index (χ0) is 15.8. The van der Waals surface area contributed by atoms with Gasteiger partial charge in [0.2, 0.25) is 5.91 Å². The first-order valence-corrected chi connectivity index (χ1v) is 7.27. The van der Waals surface area contributed by atoms with Gasteiger partial charge in [0.15, 0.2) is 0 Å². The van der Waals surface area contributed by atoms with Gasteiger partial charge < -0.3 is 20.7 Å². The standard InChI is InChI=1S/C15H20FN3O3.ClH/c16-13-4-2-1-3-12(13)15(21)19-6-5-18-14(20)9-11-10-22-8-7-17-11;/h1-4,11,17H,5-10H2,(H,18,20)(H,19,21);1H. The summed E-state index contributed by atoms with van der Waals surface area (Å²) < 4.78 is 18.7. The van der Waals surface area contributed by atoms with E-state index in [1.54, 1.807) is 6.07 Å². The fourth-order valence-electron chi connectivity index (χ4n) is 2.17. The lowest BCUT2D eigenvalue weighted by Crippen LogP contribution is -2.45. The number of benzene rings is 1. The van der Waals surface area contributed by atoms with E-state index in [1.165, 1.54) is 18.2 Å². The van der Waals surface area contributed by atoms with Gasteiger partial charge in [-0.1, -0.05) is 12.1 Å². The Morgan fingerprint density at radius 1 is 1.26 bits per heavy atom. The Labute approximate surface area is 140 Å². The maximum Gasteiger partial charge on any atom is 0.254 e. The molecule has 1 aliphatic rings. The minimum atomic E-state index is -0.563. The third-order valence-corrected chi connectivity index (χ3v) is 3.28. The van der Waals surface area contributed by atoms with Crippen LogP contribution in [-0.2, 0) is 9.53 Å². The Kier molecular flexibility index (Phi) is 8.53. The highest BCUT2D eigenvalue weighted by Crippen LogP contribution is 2.05. The van der Waals surface area contributed by atoms with Gasteiger partial charge in [-0.25, -0.2) is 4.39 Å². The van der Waals surface area contributed by atoms with Gasteiger partial charge in [-0.2, -0.15) is 0 Å². The fraction of sp³-hybridized carbons (Fsp3) is 0.467. The first-order chi connectivity index (χ1) is 10.7. The van der Waals surface area contributed by atoms with Gasteiger partial charge in [-0.15, -0.1) is 12.4 Å². The molecule has 0 radical (unpaired) electrons. The van der Waals surface area contributed by atoms with Gasteiger partial charge in [-0.05, 0) is 12.1 Å². The number of ether oxygens (including phenoxy) is 1. The predicted octanol–water partition coefficient (Wildman–Crippen LogP) is 0.472. The van der Waals surface area contributed by atoms with E-state index in [9.17, 15) is 14.0 Å². The summed E-state index contributed by atoms with van der Waals surface area (Å²) >= 11 is 0. The van der Waals surface area contributed by atoms with E-state index in [0.717, 1.165) is 6.54 Å². The van der Waals surface area contributed by atoms with Crippen LogP contribution in [0, 0.1) is 5.82 Å². The topological polar surface area (TPSA) is 79.5 Å². The van der Waals surface area contributed by atoms with E-state index in [-0.39, 0.29) is 36.5 Å². The van der Waals surface area contributed by atoms with Crippen LogP contribution in [-0.4, -0.2) is 50.7 Å². The van der Waals surface area contributed by atoms with Gasteiger partial charge in [0.1, 0.15) is 5.82 Å². The Morgan fingerprint density at radius 2 is 2.00 bits per heavy atom. The van der Waals surface area contributed by atoms with E-state index in [1.807, 2.05) is 0 Å². The van der Waals surface area contributed by atoms with Crippen LogP contribution in [0.15, 0.2) is 24.3 Å². The van der Waals surface area contributed by atoms with Crippen LogP contribution in [0.2, 0.25) is 0 Å². The van der Waals surface area contributed by atoms with Crippen LogP contribution < -0.4 is 16.0 Å². The molecule has 1 heterocycles. The second-order valence-corrected chi connectivity index (χ2v) is 5.02. The summed E-state index contributed by atoms with van der Waals surface area (Å²) in [5, 5.41) is 8.46. The number of halogens is 2. The SMILES string of the molecule is Cl.O=C(CC1COCCN1)NCCNC(=O)c1ccccc1F. The van der Waals surface area contributed by atoms with Crippen molar-refractivity contribution in [1.82, 2.24) is 16.0 Å². The molecule has 2 rings (SSSR count). The van der Waals surface area contributed by atoms with Crippen molar-refractivity contribution in [2.75, 3.05) is 32.8 Å². The van der Waals surface area contributed by atoms with Crippen LogP contribution in [0.3, 0.4) is 0 Å². The zero-order valence-corrected chi connectivity index (χ0v) is 13.5. The Balaban J connectivity index is 0.00000264. The number of carbonyl (C=O) groups is 2. The first-order valence-electron chi connectivity index (χ1n) is 7.27. The van der Waals surface area contributed by atoms with Crippen molar-refractivity contribution in [2.24, 2.45) is 0 Å². The van der Waals surface area contributed by atoms with Gasteiger partial charge in [-0.3, -0.25) is 9.59 Å². The normalized spacial score (nSPS) is 17.0. The summed E-state index contributed by atoms with van der Waals surface area (Å²) in [6.45, 7) is 2.48. The smallest absolute Gasteiger partial charge is 0.254 e. The minimum absolute atomic E-state index is 0. The molecule has 1 unspecified atom stereocenters. The highest BCUT2D eigenvalue weighted by molar-refractivity contribution is 5.94. The Hall–Kier alpha value is -1.70. The number of rotatable bonds is 6. The molecule has 0 bridgehead atoms. The van der Waals surface area contributed by atoms with Gasteiger partial charge in [0.05, 0.1) is 18.8 Å². The Bertz CT molecular complexity index is 524. The molecule has 2 amide bonds. The Morgan fingerprint density at radius 3 is 2.70 bits per heavy atom. The van der Waals surface area contributed by atoms with Gasteiger partial charge in [0, 0.05) is 32.1 Å². The molecule has 3 N–H and O–H groups in total. The van der Waals surface area contributed by atoms with Crippen LogP contribution in [0.1, 0.15) is 16.8 Å². The molecular formula is C15H21ClFN3O3. The molecule has 0 spiro atoms. The average molecular weight is 346 g/mol. The maximum absolute atomic E-state index is 13.4. The number of nitrogens with one attached hydrogen (secondary N) is 3. The van der Waals surface area contributed by atoms with Crippen molar-refractivity contribution in [3.63, 3.8) is 0 Å². The molecular weight excluding hydrogens is 325 g/mol. The molecule has 1 aliphatic heterocycles. The molecule has 1 aromatic carbocycles. The van der Waals surface area contributed by atoms with E-state index in [0.29, 0.717) is 26.2 Å². The summed E-state index contributed by atoms with van der Waals surface area (Å²) in [7, 11) is 0. The monoisotopic (exact) mass is 345 g/mol. The summed E-state index contributed by atoms with van der Waals surface area (Å²) in [6.07, 6.45) is 0.335. The van der Waals surface area contributed by atoms with Crippen molar-refractivity contribution in [3.8, 4) is 0 Å². The molecule has 128 valence electrons. The van der Waals surface area contributed by atoms with Gasteiger partial charge >= 0.3 is 0 Å². The number of hydrogen-bond donors (Lipinski definition) is 3. The summed E-state index contributed by atoms with van der Waals surface area (Å²) in [5.74, 6) is -1.16. The second-order valence-electron chi connectivity index (χ2n) is 5.02. The molecule has 1 saturated heterocycles. The highest BCUT2D eigenvalue weighted by atomic mass is 35.5. The zero-order valence-electron chi connectivity index (χ0n) is 12.6. The van der Waals surface area contributed by atoms with E-state index < -0.39 is 11.7 Å². The number of amides is 2. The number of carbonyl (C=O) groups excluding carboxylic acids is 2. The van der Waals surface area contributed by atoms with E-state index >= 15 is 0 Å². The number of morpholine rings is 1. The quantitative estimate of drug-likeness (QED) is 0.655. The second kappa shape index (κ2) is 10.1. The largest absolute Gasteiger partial charge is 0.378 e. The molecule has 8 heteroatoms. The number of hydrogen-bond acceptors (Lipinski definition) is 4. The third-order valence-electron chi connectivity index (χ3n) is 3.28. The van der Waals surface area contributed by atoms with E-state index in [4.69, 9.17) is 4.74 Å². The lowest BCUT2D eigenvalue weighted by atomic mass is 10.2. The average Bonchev–Trinajstić information content (AvgIpc) is 2.53. The van der Waals surface area contributed by atoms with Crippen molar-refractivity contribution in [3.05, 3.63) is 35.6 Å². The van der Waals surface area contributed by atoms with Crippen molar-refractivity contribution >= 4 is 24.2 Å². The molecule has 1 atom stereocenters. The van der Waals surface area contributed by atoms with Crippen LogP contribution in [0.4, 0.5) is 4.39 Å². The summed E-state index contributed by atoms with van der Waals surface area (Å²) in [6, 6.07) is 5.80. The van der Waals surface area contributed by atoms with Crippen molar-refractivity contribution in [2.45, 2.75) is 12.5 Å². The van der Waals surface area contributed by atoms with Crippen molar-refractivity contribution in [1.29, 1.82) is 0 Å². The molecule has 6 nitrogen and oxygen atoms in total. The molecule has 1 fully saturated rings. The maximum atomic E-state index is 13.4. The van der Waals surface area contributed by atoms with Crippen LogP contribution >= 0.6 is 12.4 Å². The highest BCUT2D eigenvalue weighted by Gasteiger charge is 2.16. The summed E-state index contributed by atoms with van der Waals surface area (Å²) in [5.41, 5.74) is -0.00243. The summed E-state index contributed by atoms with van der Waals surface area (Å²) in [4.78, 5) is 23.4. The first kappa shape index (κ1) is 19.3. The fourth-order valence-corrected chi connectivity index (χ4v) is 2.17. The minimum Gasteiger partial charge on any atom is -0.378 e. The molecule has 1 aromatic rings. The molecule has 23 heavy (non-hydrogen) atoms. The van der Waals surface area contributed by atoms with E-state index in [2.05, 4.69) is 16.0 Å². The van der Waals surface area contributed by atoms with Crippen LogP contribution in [0.25, 0.3) is 0 Å². The molecule has 0 aliphatic carbocycles.